The molecule has 2 rings (SSSR count). The van der Waals surface area contributed by atoms with E-state index in [1.807, 2.05) is 13.0 Å². The number of piperidine rings is 1. The molecular weight excluding hydrogens is 318 g/mol. The van der Waals surface area contributed by atoms with Crippen LogP contribution >= 0.6 is 27.5 Å². The van der Waals surface area contributed by atoms with Gasteiger partial charge < -0.3 is 10.0 Å². The molecule has 0 spiro atoms. The van der Waals surface area contributed by atoms with Crippen molar-refractivity contribution in [3.05, 3.63) is 33.3 Å². The molecule has 1 aromatic carbocycles. The van der Waals surface area contributed by atoms with Crippen molar-refractivity contribution in [1.29, 1.82) is 0 Å². The minimum absolute atomic E-state index is 0.0694. The van der Waals surface area contributed by atoms with Crippen molar-refractivity contribution in [3.63, 3.8) is 0 Å². The number of likely N-dealkylation sites (tertiary alicyclic amines) is 1. The summed E-state index contributed by atoms with van der Waals surface area (Å²) in [7, 11) is 0. The summed E-state index contributed by atoms with van der Waals surface area (Å²) in [5, 5.41) is 10.1. The van der Waals surface area contributed by atoms with Gasteiger partial charge in [0.1, 0.15) is 0 Å². The van der Waals surface area contributed by atoms with E-state index >= 15 is 0 Å². The van der Waals surface area contributed by atoms with E-state index in [1.54, 1.807) is 17.0 Å². The highest BCUT2D eigenvalue weighted by molar-refractivity contribution is 9.10. The number of nitrogens with zero attached hydrogens (tertiary/aromatic N) is 1. The SMILES string of the molecule is CC1CN(C(=O)c2cc(Br)ccc2Cl)CCC1O. The summed E-state index contributed by atoms with van der Waals surface area (Å²) < 4.78 is 0.834. The standard InChI is InChI=1S/C13H15BrClNO2/c1-8-7-16(5-4-12(8)17)13(18)10-6-9(14)2-3-11(10)15/h2-3,6,8,12,17H,4-5,7H2,1H3. The molecule has 2 atom stereocenters. The van der Waals surface area contributed by atoms with Crippen molar-refractivity contribution >= 4 is 33.4 Å². The Morgan fingerprint density at radius 1 is 1.56 bits per heavy atom. The van der Waals surface area contributed by atoms with E-state index < -0.39 is 0 Å². The van der Waals surface area contributed by atoms with Gasteiger partial charge in [-0.2, -0.15) is 0 Å². The topological polar surface area (TPSA) is 40.5 Å². The number of carbonyl (C=O) groups is 1. The molecule has 1 amide bonds. The molecular formula is C13H15BrClNO2. The van der Waals surface area contributed by atoms with Gasteiger partial charge in [0.25, 0.3) is 5.91 Å². The maximum atomic E-state index is 12.4. The minimum Gasteiger partial charge on any atom is -0.393 e. The second-order valence-electron chi connectivity index (χ2n) is 4.71. The van der Waals surface area contributed by atoms with E-state index in [4.69, 9.17) is 11.6 Å². The van der Waals surface area contributed by atoms with E-state index in [0.29, 0.717) is 30.1 Å². The van der Waals surface area contributed by atoms with Gasteiger partial charge in [-0.05, 0) is 30.5 Å². The van der Waals surface area contributed by atoms with E-state index in [-0.39, 0.29) is 17.9 Å². The van der Waals surface area contributed by atoms with Crippen molar-refractivity contribution in [2.45, 2.75) is 19.4 Å². The van der Waals surface area contributed by atoms with Crippen molar-refractivity contribution in [2.75, 3.05) is 13.1 Å². The molecule has 1 saturated heterocycles. The van der Waals surface area contributed by atoms with Crippen LogP contribution in [0.5, 0.6) is 0 Å². The minimum atomic E-state index is -0.313. The highest BCUT2D eigenvalue weighted by atomic mass is 79.9. The third-order valence-corrected chi connectivity index (χ3v) is 4.13. The second-order valence-corrected chi connectivity index (χ2v) is 6.03. The molecule has 1 fully saturated rings. The molecule has 1 aliphatic heterocycles. The lowest BCUT2D eigenvalue weighted by Gasteiger charge is -2.34. The first-order chi connectivity index (χ1) is 8.49. The highest BCUT2D eigenvalue weighted by Gasteiger charge is 2.28. The molecule has 1 aliphatic rings. The van der Waals surface area contributed by atoms with Crippen LogP contribution in [0, 0.1) is 5.92 Å². The van der Waals surface area contributed by atoms with Gasteiger partial charge in [-0.3, -0.25) is 4.79 Å². The number of benzene rings is 1. The largest absolute Gasteiger partial charge is 0.393 e. The lowest BCUT2D eigenvalue weighted by Crippen LogP contribution is -2.45. The molecule has 18 heavy (non-hydrogen) atoms. The van der Waals surface area contributed by atoms with E-state index in [1.165, 1.54) is 0 Å². The molecule has 1 N–H and O–H groups in total. The molecule has 98 valence electrons. The molecule has 0 radical (unpaired) electrons. The number of aliphatic hydroxyl groups excluding tert-OH is 1. The molecule has 1 aromatic rings. The second kappa shape index (κ2) is 5.59. The van der Waals surface area contributed by atoms with Gasteiger partial charge in [-0.15, -0.1) is 0 Å². The van der Waals surface area contributed by atoms with Gasteiger partial charge >= 0.3 is 0 Å². The Hall–Kier alpha value is -0.580. The van der Waals surface area contributed by atoms with E-state index in [2.05, 4.69) is 15.9 Å². The van der Waals surface area contributed by atoms with Gasteiger partial charge in [-0.1, -0.05) is 34.5 Å². The van der Waals surface area contributed by atoms with E-state index in [9.17, 15) is 9.90 Å². The van der Waals surface area contributed by atoms with Crippen LogP contribution in [0.15, 0.2) is 22.7 Å². The summed E-state index contributed by atoms with van der Waals surface area (Å²) in [6.45, 7) is 3.10. The fraction of sp³-hybridized carbons (Fsp3) is 0.462. The monoisotopic (exact) mass is 331 g/mol. The van der Waals surface area contributed by atoms with Gasteiger partial charge in [-0.25, -0.2) is 0 Å². The Kier molecular flexibility index (Phi) is 4.30. The fourth-order valence-electron chi connectivity index (χ4n) is 2.15. The van der Waals surface area contributed by atoms with Crippen molar-refractivity contribution in [1.82, 2.24) is 4.90 Å². The van der Waals surface area contributed by atoms with E-state index in [0.717, 1.165) is 4.47 Å². The van der Waals surface area contributed by atoms with Crippen molar-refractivity contribution in [3.8, 4) is 0 Å². The quantitative estimate of drug-likeness (QED) is 0.859. The predicted octanol–water partition coefficient (Wildman–Crippen LogP) is 2.95. The Morgan fingerprint density at radius 2 is 2.28 bits per heavy atom. The van der Waals surface area contributed by atoms with Gasteiger partial charge in [0.05, 0.1) is 16.7 Å². The number of amides is 1. The molecule has 3 nitrogen and oxygen atoms in total. The first-order valence-corrected chi connectivity index (χ1v) is 7.08. The highest BCUT2D eigenvalue weighted by Crippen LogP contribution is 2.25. The van der Waals surface area contributed by atoms with Crippen LogP contribution in [-0.4, -0.2) is 35.1 Å². The maximum Gasteiger partial charge on any atom is 0.255 e. The Labute approximate surface area is 120 Å². The smallest absolute Gasteiger partial charge is 0.255 e. The lowest BCUT2D eigenvalue weighted by atomic mass is 9.96. The maximum absolute atomic E-state index is 12.4. The Morgan fingerprint density at radius 3 is 2.94 bits per heavy atom. The van der Waals surface area contributed by atoms with Crippen LogP contribution in [0.3, 0.4) is 0 Å². The zero-order chi connectivity index (χ0) is 13.3. The number of aliphatic hydroxyl groups is 1. The molecule has 0 bridgehead atoms. The molecule has 0 aromatic heterocycles. The van der Waals surface area contributed by atoms with Crippen LogP contribution in [0.4, 0.5) is 0 Å². The third-order valence-electron chi connectivity index (χ3n) is 3.31. The van der Waals surface area contributed by atoms with Crippen LogP contribution in [0.1, 0.15) is 23.7 Å². The molecule has 1 heterocycles. The van der Waals surface area contributed by atoms with Crippen LogP contribution in [0.25, 0.3) is 0 Å². The normalized spacial score (nSPS) is 24.1. The average Bonchev–Trinajstić information content (AvgIpc) is 2.35. The van der Waals surface area contributed by atoms with Gasteiger partial charge in [0.2, 0.25) is 0 Å². The number of hydrogen-bond donors (Lipinski definition) is 1. The molecule has 0 saturated carbocycles. The summed E-state index contributed by atoms with van der Waals surface area (Å²) in [6, 6.07) is 5.25. The zero-order valence-corrected chi connectivity index (χ0v) is 12.4. The first-order valence-electron chi connectivity index (χ1n) is 5.91. The zero-order valence-electron chi connectivity index (χ0n) is 10.1. The van der Waals surface area contributed by atoms with Crippen LogP contribution < -0.4 is 0 Å². The summed E-state index contributed by atoms with van der Waals surface area (Å²) in [6.07, 6.45) is 0.311. The van der Waals surface area contributed by atoms with Crippen LogP contribution in [-0.2, 0) is 0 Å². The summed E-state index contributed by atoms with van der Waals surface area (Å²) in [5.74, 6) is 0.0358. The predicted molar refractivity (Wildman–Crippen MR) is 74.8 cm³/mol. The summed E-state index contributed by atoms with van der Waals surface area (Å²) in [5.41, 5.74) is 0.509. The van der Waals surface area contributed by atoms with Crippen molar-refractivity contribution in [2.24, 2.45) is 5.92 Å². The third kappa shape index (κ3) is 2.87. The molecule has 5 heteroatoms. The number of carbonyl (C=O) groups excluding carboxylic acids is 1. The van der Waals surface area contributed by atoms with Crippen LogP contribution in [0.2, 0.25) is 5.02 Å². The number of hydrogen-bond acceptors (Lipinski definition) is 2. The average molecular weight is 333 g/mol. The Bertz CT molecular complexity index is 466. The lowest BCUT2D eigenvalue weighted by molar-refractivity contribution is 0.0297. The molecule has 2 unspecified atom stereocenters. The fourth-order valence-corrected chi connectivity index (χ4v) is 2.71. The van der Waals surface area contributed by atoms with Crippen molar-refractivity contribution < 1.29 is 9.90 Å². The van der Waals surface area contributed by atoms with Gasteiger partial charge in [0, 0.05) is 17.6 Å². The number of rotatable bonds is 1. The summed E-state index contributed by atoms with van der Waals surface area (Å²) in [4.78, 5) is 14.1. The molecule has 0 aliphatic carbocycles. The Balaban J connectivity index is 2.19. The number of halogens is 2. The van der Waals surface area contributed by atoms with Gasteiger partial charge in [0.15, 0.2) is 0 Å². The summed E-state index contributed by atoms with van der Waals surface area (Å²) >= 11 is 9.40. The first kappa shape index (κ1) is 13.8.